The second-order valence-electron chi connectivity index (χ2n) is 16.8. The number of para-hydroxylation sites is 4. The van der Waals surface area contributed by atoms with Crippen LogP contribution in [0.3, 0.4) is 0 Å². The molecule has 0 amide bonds. The largest absolute Gasteiger partial charge is 0.455 e. The molecular weight excluding hydrogens is 675 g/mol. The van der Waals surface area contributed by atoms with Gasteiger partial charge in [0, 0.05) is 33.5 Å². The van der Waals surface area contributed by atoms with Gasteiger partial charge in [0.15, 0.2) is 28.9 Å². The van der Waals surface area contributed by atoms with Crippen LogP contribution < -0.4 is 14.3 Å². The van der Waals surface area contributed by atoms with Gasteiger partial charge in [-0.25, -0.2) is 0 Å². The molecule has 0 bridgehead atoms. The molecule has 2 aliphatic rings. The predicted molar refractivity (Wildman–Crippen MR) is 225 cm³/mol. The first kappa shape index (κ1) is 33.1. The summed E-state index contributed by atoms with van der Waals surface area (Å²) >= 11 is 0. The summed E-state index contributed by atoms with van der Waals surface area (Å²) in [5.41, 5.74) is 17.0. The molecule has 5 heteroatoms. The van der Waals surface area contributed by atoms with Gasteiger partial charge in [0.2, 0.25) is 5.69 Å². The zero-order chi connectivity index (χ0) is 37.0. The Morgan fingerprint density at radius 1 is 0.778 bits per heavy atom. The van der Waals surface area contributed by atoms with E-state index >= 15 is 0 Å². The molecule has 0 saturated carbocycles. The molecule has 5 heterocycles. The number of pyridine rings is 1. The minimum absolute atomic E-state index is 0.206. The highest BCUT2D eigenvalue weighted by Gasteiger charge is 2.45. The van der Waals surface area contributed by atoms with E-state index in [0.717, 1.165) is 63.8 Å². The molecule has 5 aromatic carbocycles. The second kappa shape index (κ2) is 12.0. The lowest BCUT2D eigenvalue weighted by atomic mass is 9.77. The van der Waals surface area contributed by atoms with Crippen molar-refractivity contribution < 1.29 is 13.6 Å². The number of benzene rings is 5. The normalized spacial score (nSPS) is 16.9. The lowest BCUT2D eigenvalue weighted by molar-refractivity contribution is -0.716. The van der Waals surface area contributed by atoms with Crippen LogP contribution >= 0.6 is 0 Å². The van der Waals surface area contributed by atoms with Crippen LogP contribution in [0.1, 0.15) is 52.6 Å². The fourth-order valence-corrected chi connectivity index (χ4v) is 11.8. The first-order valence-electron chi connectivity index (χ1n) is 19.5. The van der Waals surface area contributed by atoms with Crippen molar-refractivity contribution >= 4 is 51.9 Å². The first-order chi connectivity index (χ1) is 26.1. The van der Waals surface area contributed by atoms with E-state index in [-0.39, 0.29) is 6.04 Å². The smallest absolute Gasteiger partial charge is 0.304 e. The average Bonchev–Trinajstić information content (AvgIpc) is 3.70. The predicted octanol–water partition coefficient (Wildman–Crippen LogP) is 11.1. The maximum Gasteiger partial charge on any atom is 0.304 e. The number of allylic oxidation sites excluding steroid dienone is 1. The van der Waals surface area contributed by atoms with Crippen LogP contribution in [-0.2, 0) is 6.42 Å². The summed E-state index contributed by atoms with van der Waals surface area (Å²) < 4.78 is 14.6. The fourth-order valence-electron chi connectivity index (χ4n) is 10.0. The minimum Gasteiger partial charge on any atom is -0.455 e. The molecule has 0 spiro atoms. The number of hydrogen-bond donors (Lipinski definition) is 0. The van der Waals surface area contributed by atoms with Gasteiger partial charge < -0.3 is 4.42 Å². The lowest BCUT2D eigenvalue weighted by Crippen LogP contribution is -2.53. The van der Waals surface area contributed by atoms with Crippen molar-refractivity contribution in [3.05, 3.63) is 150 Å². The summed E-state index contributed by atoms with van der Waals surface area (Å²) in [6.07, 6.45) is 5.29. The van der Waals surface area contributed by atoms with Crippen LogP contribution in [-0.4, -0.2) is 12.6 Å². The number of imidazole rings is 1. The zero-order valence-electron chi connectivity index (χ0n) is 32.2. The lowest BCUT2D eigenvalue weighted by Gasteiger charge is -2.33. The van der Waals surface area contributed by atoms with Gasteiger partial charge in [-0.15, -0.1) is 0 Å². The molecule has 0 aliphatic carbocycles. The van der Waals surface area contributed by atoms with E-state index in [1.807, 2.05) is 0 Å². The van der Waals surface area contributed by atoms with E-state index < -0.39 is 8.07 Å². The summed E-state index contributed by atoms with van der Waals surface area (Å²) in [6.45, 7) is 19.3. The van der Waals surface area contributed by atoms with Crippen LogP contribution in [0.5, 0.6) is 0 Å². The molecule has 2 atom stereocenters. The third-order valence-corrected chi connectivity index (χ3v) is 14.5. The van der Waals surface area contributed by atoms with Crippen molar-refractivity contribution in [2.75, 3.05) is 0 Å². The van der Waals surface area contributed by atoms with Crippen molar-refractivity contribution in [3.8, 4) is 28.3 Å². The number of rotatable bonds is 2. The number of aromatic nitrogens is 3. The third-order valence-electron chi connectivity index (χ3n) is 12.4. The topological polar surface area (TPSA) is 25.8 Å². The maximum atomic E-state index is 6.97. The quantitative estimate of drug-likeness (QED) is 0.129. The number of nitrogens with zero attached hydrogens (tertiary/aromatic N) is 3. The number of furan rings is 1. The van der Waals surface area contributed by atoms with Crippen molar-refractivity contribution in [3.63, 3.8) is 0 Å². The van der Waals surface area contributed by atoms with Crippen LogP contribution in [0.2, 0.25) is 19.6 Å². The van der Waals surface area contributed by atoms with E-state index in [1.54, 1.807) is 0 Å². The highest BCUT2D eigenvalue weighted by atomic mass is 28.3. The van der Waals surface area contributed by atoms with Crippen LogP contribution in [0, 0.1) is 20.8 Å². The van der Waals surface area contributed by atoms with Gasteiger partial charge in [0.05, 0.1) is 14.5 Å². The molecule has 2 unspecified atom stereocenters. The van der Waals surface area contributed by atoms with E-state index in [0.29, 0.717) is 5.92 Å². The summed E-state index contributed by atoms with van der Waals surface area (Å²) in [6, 6.07) is 40.6. The standard InChI is InChI=1S/C49H47N3OSi/c1-30-15-14-16-31(2)47(30)52-41-21-12-11-20-40(41)51-33(4)28-43-37(35-17-8-9-18-36(35)42-27-32(3)45(29-50(42)43)54(5,6)7)25-23-34-24-26-39-38-19-10-13-22-44(38)53-48(39)46(34)49(51)52/h8-22,24,26-27,29,37,43H,4,23,25,28H2,1-3,5-7H3/q+2. The van der Waals surface area contributed by atoms with Crippen molar-refractivity contribution in [2.24, 2.45) is 0 Å². The van der Waals surface area contributed by atoms with Crippen LogP contribution in [0.25, 0.3) is 67.0 Å². The van der Waals surface area contributed by atoms with Gasteiger partial charge in [-0.3, -0.25) is 0 Å². The molecule has 0 saturated heterocycles. The van der Waals surface area contributed by atoms with Gasteiger partial charge >= 0.3 is 5.82 Å². The molecule has 2 aliphatic heterocycles. The first-order valence-corrected chi connectivity index (χ1v) is 23.0. The Balaban J connectivity index is 1.32. The van der Waals surface area contributed by atoms with Crippen molar-refractivity contribution in [1.29, 1.82) is 0 Å². The Kier molecular flexibility index (Phi) is 7.35. The van der Waals surface area contributed by atoms with Gasteiger partial charge in [-0.2, -0.15) is 13.7 Å². The molecule has 4 nitrogen and oxygen atoms in total. The molecule has 8 aromatic rings. The number of hydrogen-bond acceptors (Lipinski definition) is 1. The third kappa shape index (κ3) is 4.80. The van der Waals surface area contributed by atoms with Crippen molar-refractivity contribution in [1.82, 2.24) is 4.57 Å². The zero-order valence-corrected chi connectivity index (χ0v) is 33.2. The van der Waals surface area contributed by atoms with Crippen molar-refractivity contribution in [2.45, 2.75) is 71.6 Å². The number of fused-ring (bicyclic) bond motifs is 15. The fraction of sp³-hybridized carbons (Fsp3) is 0.224. The SMILES string of the molecule is C=C1CC2C(CCc3ccc4c(oc5ccccc54)c3-c3n1c1ccccc1[n+]3-c1c(C)cccc1C)c1ccccc1-c1cc(C)c([Si](C)(C)C)c[n+]12. The van der Waals surface area contributed by atoms with Crippen LogP contribution in [0.4, 0.5) is 0 Å². The van der Waals surface area contributed by atoms with Gasteiger partial charge in [-0.1, -0.05) is 105 Å². The monoisotopic (exact) mass is 721 g/mol. The van der Waals surface area contributed by atoms with E-state index in [9.17, 15) is 0 Å². The Labute approximate surface area is 318 Å². The molecule has 10 rings (SSSR count). The second-order valence-corrected chi connectivity index (χ2v) is 21.8. The minimum atomic E-state index is -1.63. The molecule has 3 aromatic heterocycles. The van der Waals surface area contributed by atoms with Gasteiger partial charge in [-0.05, 0) is 85.7 Å². The Morgan fingerprint density at radius 2 is 1.52 bits per heavy atom. The summed E-state index contributed by atoms with van der Waals surface area (Å²) in [5.74, 6) is 1.42. The van der Waals surface area contributed by atoms with Gasteiger partial charge in [0.1, 0.15) is 22.5 Å². The Morgan fingerprint density at radius 3 is 2.33 bits per heavy atom. The highest BCUT2D eigenvalue weighted by molar-refractivity contribution is 6.88. The number of aryl methyl sites for hydroxylation is 4. The molecule has 266 valence electrons. The molecule has 0 fully saturated rings. The average molecular weight is 722 g/mol. The molecule has 54 heavy (non-hydrogen) atoms. The van der Waals surface area contributed by atoms with E-state index in [1.165, 1.54) is 55.5 Å². The summed E-state index contributed by atoms with van der Waals surface area (Å²) in [4.78, 5) is 0. The Bertz CT molecular complexity index is 2850. The molecule has 0 radical (unpaired) electrons. The maximum absolute atomic E-state index is 6.97. The Hall–Kier alpha value is -5.52. The van der Waals surface area contributed by atoms with Gasteiger partial charge in [0.25, 0.3) is 0 Å². The highest BCUT2D eigenvalue weighted by Crippen LogP contribution is 2.47. The molecular formula is C49H47N3OSi+2. The van der Waals surface area contributed by atoms with E-state index in [4.69, 9.17) is 11.0 Å². The summed E-state index contributed by atoms with van der Waals surface area (Å²) in [7, 11) is -1.63. The molecule has 0 N–H and O–H groups in total. The summed E-state index contributed by atoms with van der Waals surface area (Å²) in [5, 5.41) is 3.83. The van der Waals surface area contributed by atoms with E-state index in [2.05, 4.69) is 170 Å². The van der Waals surface area contributed by atoms with Crippen LogP contribution in [0.15, 0.2) is 126 Å².